The van der Waals surface area contributed by atoms with Gasteiger partial charge in [-0.25, -0.2) is 0 Å². The van der Waals surface area contributed by atoms with Crippen molar-refractivity contribution in [3.05, 3.63) is 70.9 Å². The van der Waals surface area contributed by atoms with Crippen LogP contribution in [0.3, 0.4) is 0 Å². The van der Waals surface area contributed by atoms with Crippen molar-refractivity contribution in [2.24, 2.45) is 0 Å². The summed E-state index contributed by atoms with van der Waals surface area (Å²) >= 11 is 5.85. The summed E-state index contributed by atoms with van der Waals surface area (Å²) in [6, 6.07) is 18.0. The van der Waals surface area contributed by atoms with Crippen LogP contribution in [0.2, 0.25) is 5.02 Å². The first-order valence-corrected chi connectivity index (χ1v) is 8.57. The van der Waals surface area contributed by atoms with Crippen molar-refractivity contribution >= 4 is 28.4 Å². The molecule has 0 unspecified atom stereocenters. The number of halogens is 1. The summed E-state index contributed by atoms with van der Waals surface area (Å²) in [5, 5.41) is 4.94. The Balaban J connectivity index is 1.48. The molecule has 24 heavy (non-hydrogen) atoms. The smallest absolute Gasteiger partial charge is 0.224 e. The van der Waals surface area contributed by atoms with Crippen molar-refractivity contribution in [3.8, 4) is 0 Å². The summed E-state index contributed by atoms with van der Waals surface area (Å²) in [6.07, 6.45) is 1.30. The number of amides is 1. The van der Waals surface area contributed by atoms with Crippen molar-refractivity contribution in [2.75, 3.05) is 6.54 Å². The van der Waals surface area contributed by atoms with E-state index in [-0.39, 0.29) is 5.91 Å². The quantitative estimate of drug-likeness (QED) is 0.665. The third-order valence-corrected chi connectivity index (χ3v) is 4.43. The predicted molar refractivity (Wildman–Crippen MR) is 99.5 cm³/mol. The van der Waals surface area contributed by atoms with E-state index in [1.807, 2.05) is 24.3 Å². The molecule has 0 saturated carbocycles. The number of fused-ring (bicyclic) bond motifs is 1. The number of rotatable bonds is 6. The van der Waals surface area contributed by atoms with E-state index in [0.29, 0.717) is 18.0 Å². The number of carbonyl (C=O) groups excluding carboxylic acids is 1. The summed E-state index contributed by atoms with van der Waals surface area (Å²) in [4.78, 5) is 12.0. The van der Waals surface area contributed by atoms with Gasteiger partial charge in [-0.3, -0.25) is 4.79 Å². The second-order valence-corrected chi connectivity index (χ2v) is 6.44. The number of aromatic nitrogens is 1. The van der Waals surface area contributed by atoms with Gasteiger partial charge in [-0.15, -0.1) is 0 Å². The van der Waals surface area contributed by atoms with Gasteiger partial charge in [0.25, 0.3) is 0 Å². The highest BCUT2D eigenvalue weighted by Crippen LogP contribution is 2.19. The van der Waals surface area contributed by atoms with Crippen molar-refractivity contribution in [1.82, 2.24) is 9.88 Å². The zero-order valence-electron chi connectivity index (χ0n) is 13.8. The lowest BCUT2D eigenvalue weighted by molar-refractivity contribution is -0.120. The predicted octanol–water partition coefficient (Wildman–Crippen LogP) is 4.35. The lowest BCUT2D eigenvalue weighted by Crippen LogP contribution is -2.26. The highest BCUT2D eigenvalue weighted by Gasteiger charge is 2.06. The Morgan fingerprint density at radius 1 is 1.12 bits per heavy atom. The minimum absolute atomic E-state index is 0.0476. The highest BCUT2D eigenvalue weighted by atomic mass is 35.5. The summed E-state index contributed by atoms with van der Waals surface area (Å²) in [5.74, 6) is 0.0476. The average molecular weight is 341 g/mol. The summed E-state index contributed by atoms with van der Waals surface area (Å²) in [5.41, 5.74) is 3.48. The molecule has 1 N–H and O–H groups in total. The van der Waals surface area contributed by atoms with Gasteiger partial charge >= 0.3 is 0 Å². The van der Waals surface area contributed by atoms with Crippen LogP contribution in [0.4, 0.5) is 0 Å². The molecule has 2 aromatic carbocycles. The van der Waals surface area contributed by atoms with E-state index in [9.17, 15) is 4.79 Å². The number of nitrogens with one attached hydrogen (secondary N) is 1. The SMILES string of the molecule is Cc1cc2ccccc2n1CCCNC(=O)Cc1ccc(Cl)cc1. The number of para-hydroxylation sites is 1. The zero-order chi connectivity index (χ0) is 16.9. The Morgan fingerprint density at radius 2 is 1.88 bits per heavy atom. The minimum Gasteiger partial charge on any atom is -0.356 e. The maximum atomic E-state index is 12.0. The molecule has 3 aromatic rings. The van der Waals surface area contributed by atoms with E-state index in [2.05, 4.69) is 47.1 Å². The fourth-order valence-corrected chi connectivity index (χ4v) is 3.09. The van der Waals surface area contributed by atoms with Gasteiger partial charge in [0.15, 0.2) is 0 Å². The second kappa shape index (κ2) is 7.54. The molecule has 0 fully saturated rings. The number of nitrogens with zero attached hydrogens (tertiary/aromatic N) is 1. The Bertz CT molecular complexity index is 836. The number of hydrogen-bond acceptors (Lipinski definition) is 1. The fourth-order valence-electron chi connectivity index (χ4n) is 2.96. The molecular weight excluding hydrogens is 320 g/mol. The zero-order valence-corrected chi connectivity index (χ0v) is 14.5. The molecule has 0 saturated heterocycles. The molecule has 0 bridgehead atoms. The first kappa shape index (κ1) is 16.6. The summed E-state index contributed by atoms with van der Waals surface area (Å²) < 4.78 is 2.31. The van der Waals surface area contributed by atoms with Gasteiger partial charge in [-0.2, -0.15) is 0 Å². The molecule has 0 spiro atoms. The summed E-state index contributed by atoms with van der Waals surface area (Å²) in [7, 11) is 0. The molecule has 0 aliphatic carbocycles. The van der Waals surface area contributed by atoms with E-state index in [0.717, 1.165) is 18.5 Å². The Kier molecular flexibility index (Phi) is 5.21. The first-order valence-electron chi connectivity index (χ1n) is 8.19. The van der Waals surface area contributed by atoms with Crippen LogP contribution in [0.15, 0.2) is 54.6 Å². The van der Waals surface area contributed by atoms with E-state index in [1.165, 1.54) is 16.6 Å². The van der Waals surface area contributed by atoms with Gasteiger partial charge in [0.05, 0.1) is 6.42 Å². The first-order chi connectivity index (χ1) is 11.6. The maximum absolute atomic E-state index is 12.0. The van der Waals surface area contributed by atoms with Crippen molar-refractivity contribution in [2.45, 2.75) is 26.3 Å². The topological polar surface area (TPSA) is 34.0 Å². The molecule has 0 radical (unpaired) electrons. The van der Waals surface area contributed by atoms with Crippen molar-refractivity contribution < 1.29 is 4.79 Å². The van der Waals surface area contributed by atoms with Crippen LogP contribution in [0, 0.1) is 6.92 Å². The van der Waals surface area contributed by atoms with Crippen LogP contribution < -0.4 is 5.32 Å². The van der Waals surface area contributed by atoms with E-state index < -0.39 is 0 Å². The van der Waals surface area contributed by atoms with Crippen LogP contribution in [-0.2, 0) is 17.8 Å². The number of carbonyl (C=O) groups is 1. The van der Waals surface area contributed by atoms with E-state index >= 15 is 0 Å². The monoisotopic (exact) mass is 340 g/mol. The minimum atomic E-state index is 0.0476. The highest BCUT2D eigenvalue weighted by molar-refractivity contribution is 6.30. The third kappa shape index (κ3) is 3.98. The average Bonchev–Trinajstić information content (AvgIpc) is 2.89. The van der Waals surface area contributed by atoms with Gasteiger partial charge in [0, 0.05) is 29.3 Å². The summed E-state index contributed by atoms with van der Waals surface area (Å²) in [6.45, 7) is 3.71. The standard InChI is InChI=1S/C20H21ClN2O/c1-15-13-17-5-2-3-6-19(17)23(15)12-4-11-22-20(24)14-16-7-9-18(21)10-8-16/h2-3,5-10,13H,4,11-12,14H2,1H3,(H,22,24). The van der Waals surface area contributed by atoms with E-state index in [1.54, 1.807) is 0 Å². The van der Waals surface area contributed by atoms with Gasteiger partial charge < -0.3 is 9.88 Å². The van der Waals surface area contributed by atoms with Crippen molar-refractivity contribution in [1.29, 1.82) is 0 Å². The lowest BCUT2D eigenvalue weighted by Gasteiger charge is -2.09. The molecule has 1 heterocycles. The van der Waals surface area contributed by atoms with Gasteiger partial charge in [0.2, 0.25) is 5.91 Å². The Hall–Kier alpha value is -2.26. The number of aryl methyl sites for hydroxylation is 2. The van der Waals surface area contributed by atoms with Crippen molar-refractivity contribution in [3.63, 3.8) is 0 Å². The molecular formula is C20H21ClN2O. The second-order valence-electron chi connectivity index (χ2n) is 6.00. The van der Waals surface area contributed by atoms with Crippen LogP contribution in [0.5, 0.6) is 0 Å². The molecule has 3 rings (SSSR count). The van der Waals surface area contributed by atoms with Crippen LogP contribution >= 0.6 is 11.6 Å². The largest absolute Gasteiger partial charge is 0.356 e. The number of hydrogen-bond donors (Lipinski definition) is 1. The number of benzene rings is 2. The Morgan fingerprint density at radius 3 is 2.67 bits per heavy atom. The van der Waals surface area contributed by atoms with E-state index in [4.69, 9.17) is 11.6 Å². The molecule has 0 atom stereocenters. The van der Waals surface area contributed by atoms with Crippen LogP contribution in [0.25, 0.3) is 10.9 Å². The normalized spacial score (nSPS) is 10.9. The fraction of sp³-hybridized carbons (Fsp3) is 0.250. The van der Waals surface area contributed by atoms with Gasteiger partial charge in [-0.1, -0.05) is 41.9 Å². The van der Waals surface area contributed by atoms with Gasteiger partial charge in [0.1, 0.15) is 0 Å². The molecule has 0 aliphatic rings. The molecule has 3 nitrogen and oxygen atoms in total. The Labute approximate surface area is 147 Å². The van der Waals surface area contributed by atoms with Gasteiger partial charge in [-0.05, 0) is 48.6 Å². The molecule has 4 heteroatoms. The maximum Gasteiger partial charge on any atom is 0.224 e. The van der Waals surface area contributed by atoms with Crippen LogP contribution in [0.1, 0.15) is 17.7 Å². The molecule has 1 amide bonds. The lowest BCUT2D eigenvalue weighted by atomic mass is 10.1. The third-order valence-electron chi connectivity index (χ3n) is 4.18. The molecule has 0 aliphatic heterocycles. The molecule has 1 aromatic heterocycles. The molecule has 124 valence electrons. The van der Waals surface area contributed by atoms with Crippen LogP contribution in [-0.4, -0.2) is 17.0 Å².